The molecule has 56 valence electrons. The lowest BCUT2D eigenvalue weighted by Crippen LogP contribution is -2.02. The van der Waals surface area contributed by atoms with Crippen LogP contribution in [0.25, 0.3) is 0 Å². The lowest BCUT2D eigenvalue weighted by Gasteiger charge is -2.05. The van der Waals surface area contributed by atoms with Crippen LogP contribution in [-0.2, 0) is 0 Å². The molecule has 1 nitrogen and oxygen atoms in total. The number of hydrogen-bond acceptors (Lipinski definition) is 1. The third-order valence-corrected chi connectivity index (χ3v) is 2.00. The van der Waals surface area contributed by atoms with Gasteiger partial charge in [0.25, 0.3) is 0 Å². The molecule has 0 amide bonds. The molecule has 0 aromatic heterocycles. The maximum atomic E-state index is 3.06. The molecular formula is C7H18NP. The summed E-state index contributed by atoms with van der Waals surface area (Å²) < 4.78 is 0. The molecule has 1 N–H and O–H groups in total. The maximum absolute atomic E-state index is 3.06. The minimum Gasteiger partial charge on any atom is -0.301 e. The van der Waals surface area contributed by atoms with Gasteiger partial charge in [-0.1, -0.05) is 29.7 Å². The van der Waals surface area contributed by atoms with Crippen LogP contribution in [0.1, 0.15) is 33.1 Å². The molecule has 0 aliphatic carbocycles. The van der Waals surface area contributed by atoms with E-state index in [9.17, 15) is 0 Å². The van der Waals surface area contributed by atoms with Gasteiger partial charge < -0.3 is 5.09 Å². The second-order valence-corrected chi connectivity index (χ2v) is 3.02. The van der Waals surface area contributed by atoms with Gasteiger partial charge in [0.05, 0.1) is 0 Å². The van der Waals surface area contributed by atoms with Gasteiger partial charge in [0.2, 0.25) is 0 Å². The molecule has 0 bridgehead atoms. The topological polar surface area (TPSA) is 12.0 Å². The highest BCUT2D eigenvalue weighted by atomic mass is 31.0. The predicted octanol–water partition coefficient (Wildman–Crippen LogP) is 2.19. The van der Waals surface area contributed by atoms with E-state index in [2.05, 4.69) is 28.3 Å². The summed E-state index contributed by atoms with van der Waals surface area (Å²) >= 11 is 0. The van der Waals surface area contributed by atoms with Crippen LogP contribution in [0.4, 0.5) is 0 Å². The summed E-state index contributed by atoms with van der Waals surface area (Å²) in [7, 11) is 2.53. The first-order valence-corrected chi connectivity index (χ1v) is 4.32. The second-order valence-electron chi connectivity index (χ2n) is 2.61. The number of hydrogen-bond donors (Lipinski definition) is 1. The molecule has 0 saturated carbocycles. The van der Waals surface area contributed by atoms with Gasteiger partial charge in [0.15, 0.2) is 0 Å². The summed E-state index contributed by atoms with van der Waals surface area (Å²) in [6.45, 7) is 5.69. The van der Waals surface area contributed by atoms with E-state index in [0.717, 1.165) is 12.5 Å². The SMILES string of the molecule is CCC(C)CCCNP. The molecule has 0 saturated heterocycles. The van der Waals surface area contributed by atoms with Crippen LogP contribution in [0.3, 0.4) is 0 Å². The van der Waals surface area contributed by atoms with Crippen molar-refractivity contribution in [1.82, 2.24) is 5.09 Å². The molecule has 2 unspecified atom stereocenters. The second kappa shape index (κ2) is 6.51. The first-order valence-electron chi connectivity index (χ1n) is 3.74. The summed E-state index contributed by atoms with van der Waals surface area (Å²) in [5.74, 6) is 0.906. The summed E-state index contributed by atoms with van der Waals surface area (Å²) in [6, 6.07) is 0. The van der Waals surface area contributed by atoms with Gasteiger partial charge >= 0.3 is 0 Å². The van der Waals surface area contributed by atoms with Gasteiger partial charge in [-0.25, -0.2) is 0 Å². The molecule has 0 aromatic rings. The lowest BCUT2D eigenvalue weighted by atomic mass is 10.0. The quantitative estimate of drug-likeness (QED) is 0.464. The van der Waals surface area contributed by atoms with Crippen LogP contribution in [0.15, 0.2) is 0 Å². The highest BCUT2D eigenvalue weighted by molar-refractivity contribution is 7.13. The number of nitrogens with one attached hydrogen (secondary N) is 1. The number of rotatable bonds is 5. The summed E-state index contributed by atoms with van der Waals surface area (Å²) in [6.07, 6.45) is 3.98. The van der Waals surface area contributed by atoms with Gasteiger partial charge in [0, 0.05) is 0 Å². The molecule has 0 aromatic carbocycles. The summed E-state index contributed by atoms with van der Waals surface area (Å²) in [4.78, 5) is 0. The molecule has 0 radical (unpaired) electrons. The minimum atomic E-state index is 0.906. The van der Waals surface area contributed by atoms with Gasteiger partial charge in [-0.15, -0.1) is 0 Å². The molecular weight excluding hydrogens is 129 g/mol. The van der Waals surface area contributed by atoms with Crippen molar-refractivity contribution in [2.45, 2.75) is 33.1 Å². The van der Waals surface area contributed by atoms with Gasteiger partial charge in [-0.05, 0) is 25.3 Å². The standard InChI is InChI=1S/C7H18NP/c1-3-7(2)5-4-6-8-9/h7-8H,3-6,9H2,1-2H3. The Balaban J connectivity index is 2.88. The van der Waals surface area contributed by atoms with E-state index < -0.39 is 0 Å². The Morgan fingerprint density at radius 1 is 1.56 bits per heavy atom. The molecule has 2 atom stereocenters. The Hall–Kier alpha value is 0.390. The zero-order chi connectivity index (χ0) is 7.11. The minimum absolute atomic E-state index is 0.906. The Morgan fingerprint density at radius 2 is 2.22 bits per heavy atom. The molecule has 0 aliphatic heterocycles. The third kappa shape index (κ3) is 6.27. The average molecular weight is 147 g/mol. The molecule has 0 rings (SSSR count). The molecule has 2 heteroatoms. The Labute approximate surface area is 60.9 Å². The highest BCUT2D eigenvalue weighted by Gasteiger charge is 1.95. The van der Waals surface area contributed by atoms with Crippen molar-refractivity contribution in [1.29, 1.82) is 0 Å². The Kier molecular flexibility index (Phi) is 6.79. The van der Waals surface area contributed by atoms with E-state index in [4.69, 9.17) is 0 Å². The van der Waals surface area contributed by atoms with Crippen molar-refractivity contribution < 1.29 is 0 Å². The smallest absolute Gasteiger partial charge is 0.00143 e. The highest BCUT2D eigenvalue weighted by Crippen LogP contribution is 2.07. The monoisotopic (exact) mass is 147 g/mol. The molecule has 9 heavy (non-hydrogen) atoms. The normalized spacial score (nSPS) is 13.7. The van der Waals surface area contributed by atoms with Crippen LogP contribution in [0.5, 0.6) is 0 Å². The van der Waals surface area contributed by atoms with Gasteiger partial charge in [-0.2, -0.15) is 0 Å². The molecule has 0 aliphatic rings. The third-order valence-electron chi connectivity index (χ3n) is 1.71. The van der Waals surface area contributed by atoms with Gasteiger partial charge in [-0.3, -0.25) is 0 Å². The first kappa shape index (κ1) is 9.39. The van der Waals surface area contributed by atoms with Crippen molar-refractivity contribution in [3.8, 4) is 0 Å². The largest absolute Gasteiger partial charge is 0.301 e. The van der Waals surface area contributed by atoms with Gasteiger partial charge in [0.1, 0.15) is 0 Å². The van der Waals surface area contributed by atoms with E-state index in [1.807, 2.05) is 0 Å². The van der Waals surface area contributed by atoms with Crippen molar-refractivity contribution in [3.05, 3.63) is 0 Å². The van der Waals surface area contributed by atoms with E-state index in [1.165, 1.54) is 19.3 Å². The fourth-order valence-corrected chi connectivity index (χ4v) is 0.961. The summed E-state index contributed by atoms with van der Waals surface area (Å²) in [5.41, 5.74) is 0. The summed E-state index contributed by atoms with van der Waals surface area (Å²) in [5, 5.41) is 3.06. The fraction of sp³-hybridized carbons (Fsp3) is 1.00. The van der Waals surface area contributed by atoms with Crippen molar-refractivity contribution in [3.63, 3.8) is 0 Å². The lowest BCUT2D eigenvalue weighted by molar-refractivity contribution is 0.496. The predicted molar refractivity (Wildman–Crippen MR) is 46.4 cm³/mol. The van der Waals surface area contributed by atoms with E-state index in [-0.39, 0.29) is 0 Å². The zero-order valence-electron chi connectivity index (χ0n) is 6.48. The van der Waals surface area contributed by atoms with Crippen LogP contribution in [0.2, 0.25) is 0 Å². The maximum Gasteiger partial charge on any atom is -0.00143 e. The van der Waals surface area contributed by atoms with E-state index in [0.29, 0.717) is 0 Å². The van der Waals surface area contributed by atoms with Crippen molar-refractivity contribution in [2.75, 3.05) is 6.54 Å². The fourth-order valence-electron chi connectivity index (χ4n) is 0.757. The Bertz CT molecular complexity index is 56.9. The average Bonchev–Trinajstić information content (AvgIpc) is 1.89. The molecule has 0 spiro atoms. The van der Waals surface area contributed by atoms with E-state index in [1.54, 1.807) is 0 Å². The molecule has 0 heterocycles. The molecule has 0 fully saturated rings. The first-order chi connectivity index (χ1) is 4.31. The zero-order valence-corrected chi connectivity index (χ0v) is 7.64. The van der Waals surface area contributed by atoms with Crippen LogP contribution in [-0.4, -0.2) is 6.54 Å². The van der Waals surface area contributed by atoms with Crippen molar-refractivity contribution in [2.24, 2.45) is 5.92 Å². The van der Waals surface area contributed by atoms with Crippen LogP contribution < -0.4 is 5.09 Å². The van der Waals surface area contributed by atoms with E-state index >= 15 is 0 Å². The van der Waals surface area contributed by atoms with Crippen LogP contribution in [0, 0.1) is 5.92 Å². The van der Waals surface area contributed by atoms with Crippen molar-refractivity contribution >= 4 is 9.39 Å². The van der Waals surface area contributed by atoms with Crippen LogP contribution >= 0.6 is 9.39 Å². The Morgan fingerprint density at radius 3 is 2.67 bits per heavy atom.